The topological polar surface area (TPSA) is 0 Å². The van der Waals surface area contributed by atoms with E-state index in [1.807, 2.05) is 0 Å². The van der Waals surface area contributed by atoms with Gasteiger partial charge in [-0.15, -0.1) is 11.6 Å². The fourth-order valence-electron chi connectivity index (χ4n) is 1.40. The molecule has 0 radical (unpaired) electrons. The highest BCUT2D eigenvalue weighted by molar-refractivity contribution is 6.20. The molecule has 13 heavy (non-hydrogen) atoms. The van der Waals surface area contributed by atoms with Gasteiger partial charge in [-0.1, -0.05) is 43.2 Å². The van der Waals surface area contributed by atoms with Crippen LogP contribution in [0.3, 0.4) is 0 Å². The maximum absolute atomic E-state index is 6.16. The molecular formula is C12H17Cl. The lowest BCUT2D eigenvalue weighted by atomic mass is 10.1. The molecule has 1 atom stereocenters. The van der Waals surface area contributed by atoms with Crippen molar-refractivity contribution in [2.75, 3.05) is 0 Å². The highest BCUT2D eigenvalue weighted by atomic mass is 35.5. The number of halogens is 1. The summed E-state index contributed by atoms with van der Waals surface area (Å²) in [4.78, 5) is 0. The SMILES string of the molecule is CCCC(Cl)Cc1ccc(C)cc1. The Balaban J connectivity index is 2.49. The van der Waals surface area contributed by atoms with Gasteiger partial charge >= 0.3 is 0 Å². The molecule has 1 aromatic carbocycles. The third kappa shape index (κ3) is 3.82. The van der Waals surface area contributed by atoms with Crippen molar-refractivity contribution < 1.29 is 0 Å². The van der Waals surface area contributed by atoms with E-state index in [-0.39, 0.29) is 0 Å². The van der Waals surface area contributed by atoms with E-state index < -0.39 is 0 Å². The van der Waals surface area contributed by atoms with Crippen LogP contribution in [0.2, 0.25) is 0 Å². The molecule has 0 fully saturated rings. The summed E-state index contributed by atoms with van der Waals surface area (Å²) in [6.07, 6.45) is 3.27. The molecule has 1 heteroatoms. The molecule has 0 N–H and O–H groups in total. The van der Waals surface area contributed by atoms with Crippen LogP contribution < -0.4 is 0 Å². The Kier molecular flexibility index (Phi) is 4.31. The fourth-order valence-corrected chi connectivity index (χ4v) is 1.79. The first-order valence-corrected chi connectivity index (χ1v) is 5.35. The van der Waals surface area contributed by atoms with Gasteiger partial charge in [-0.3, -0.25) is 0 Å². The minimum atomic E-state index is 0.299. The predicted molar refractivity (Wildman–Crippen MR) is 59.4 cm³/mol. The average Bonchev–Trinajstić information content (AvgIpc) is 2.09. The van der Waals surface area contributed by atoms with Crippen LogP contribution in [0.1, 0.15) is 30.9 Å². The van der Waals surface area contributed by atoms with Crippen molar-refractivity contribution in [3.8, 4) is 0 Å². The lowest BCUT2D eigenvalue weighted by Gasteiger charge is -2.07. The quantitative estimate of drug-likeness (QED) is 0.640. The molecule has 0 aliphatic heterocycles. The molecule has 0 nitrogen and oxygen atoms in total. The Labute approximate surface area is 85.9 Å². The van der Waals surface area contributed by atoms with Crippen LogP contribution in [0.15, 0.2) is 24.3 Å². The zero-order chi connectivity index (χ0) is 9.68. The second-order valence-electron chi connectivity index (χ2n) is 3.58. The van der Waals surface area contributed by atoms with Gasteiger partial charge in [0.25, 0.3) is 0 Å². The molecule has 0 spiro atoms. The smallest absolute Gasteiger partial charge is 0.0376 e. The lowest BCUT2D eigenvalue weighted by molar-refractivity contribution is 0.726. The fraction of sp³-hybridized carbons (Fsp3) is 0.500. The van der Waals surface area contributed by atoms with Gasteiger partial charge in [0.2, 0.25) is 0 Å². The van der Waals surface area contributed by atoms with E-state index in [4.69, 9.17) is 11.6 Å². The van der Waals surface area contributed by atoms with Crippen molar-refractivity contribution in [3.63, 3.8) is 0 Å². The summed E-state index contributed by atoms with van der Waals surface area (Å²) >= 11 is 6.16. The van der Waals surface area contributed by atoms with E-state index >= 15 is 0 Å². The second kappa shape index (κ2) is 5.29. The summed E-state index contributed by atoms with van der Waals surface area (Å²) in [5.41, 5.74) is 2.66. The van der Waals surface area contributed by atoms with Crippen LogP contribution in [0.25, 0.3) is 0 Å². The Morgan fingerprint density at radius 3 is 2.38 bits per heavy atom. The zero-order valence-corrected chi connectivity index (χ0v) is 9.14. The van der Waals surface area contributed by atoms with Crippen LogP contribution in [0.5, 0.6) is 0 Å². The van der Waals surface area contributed by atoms with Crippen LogP contribution >= 0.6 is 11.6 Å². The second-order valence-corrected chi connectivity index (χ2v) is 4.19. The number of benzene rings is 1. The van der Waals surface area contributed by atoms with Crippen molar-refractivity contribution >= 4 is 11.6 Å². The monoisotopic (exact) mass is 196 g/mol. The van der Waals surface area contributed by atoms with Gasteiger partial charge in [0, 0.05) is 5.38 Å². The van der Waals surface area contributed by atoms with E-state index in [2.05, 4.69) is 38.1 Å². The van der Waals surface area contributed by atoms with E-state index in [9.17, 15) is 0 Å². The summed E-state index contributed by atoms with van der Waals surface area (Å²) in [7, 11) is 0. The molecule has 1 rings (SSSR count). The maximum atomic E-state index is 6.16. The summed E-state index contributed by atoms with van der Waals surface area (Å²) in [6, 6.07) is 8.62. The molecule has 0 aromatic heterocycles. The molecule has 0 heterocycles. The summed E-state index contributed by atoms with van der Waals surface area (Å²) in [5, 5.41) is 0.299. The Hall–Kier alpha value is -0.490. The molecule has 0 amide bonds. The highest BCUT2D eigenvalue weighted by Crippen LogP contribution is 2.13. The minimum absolute atomic E-state index is 0.299. The standard InChI is InChI=1S/C12H17Cl/c1-3-4-12(13)9-11-7-5-10(2)6-8-11/h5-8,12H,3-4,9H2,1-2H3. The first kappa shape index (κ1) is 10.6. The molecule has 0 bridgehead atoms. The van der Waals surface area contributed by atoms with E-state index in [0.717, 1.165) is 12.8 Å². The number of hydrogen-bond acceptors (Lipinski definition) is 0. The highest BCUT2D eigenvalue weighted by Gasteiger charge is 2.03. The lowest BCUT2D eigenvalue weighted by Crippen LogP contribution is -2.02. The van der Waals surface area contributed by atoms with Gasteiger partial charge in [0.05, 0.1) is 0 Å². The zero-order valence-electron chi connectivity index (χ0n) is 8.39. The predicted octanol–water partition coefficient (Wildman–Crippen LogP) is 3.95. The third-order valence-electron chi connectivity index (χ3n) is 2.18. The van der Waals surface area contributed by atoms with Gasteiger partial charge in [-0.25, -0.2) is 0 Å². The minimum Gasteiger partial charge on any atom is -0.123 e. The van der Waals surface area contributed by atoms with Crippen LogP contribution in [0, 0.1) is 6.92 Å². The van der Waals surface area contributed by atoms with Crippen molar-refractivity contribution in [3.05, 3.63) is 35.4 Å². The van der Waals surface area contributed by atoms with Crippen molar-refractivity contribution in [1.82, 2.24) is 0 Å². The number of hydrogen-bond donors (Lipinski definition) is 0. The normalized spacial score (nSPS) is 12.8. The molecule has 1 aromatic rings. The maximum Gasteiger partial charge on any atom is 0.0376 e. The molecular weight excluding hydrogens is 180 g/mol. The molecule has 0 saturated carbocycles. The Morgan fingerprint density at radius 1 is 1.23 bits per heavy atom. The first-order chi connectivity index (χ1) is 6.22. The van der Waals surface area contributed by atoms with Crippen LogP contribution in [-0.2, 0) is 6.42 Å². The molecule has 72 valence electrons. The van der Waals surface area contributed by atoms with Gasteiger partial charge in [-0.2, -0.15) is 0 Å². The summed E-state index contributed by atoms with van der Waals surface area (Å²) in [5.74, 6) is 0. The van der Waals surface area contributed by atoms with Gasteiger partial charge in [-0.05, 0) is 25.3 Å². The Bertz CT molecular complexity index is 238. The van der Waals surface area contributed by atoms with E-state index in [1.165, 1.54) is 17.5 Å². The van der Waals surface area contributed by atoms with Crippen molar-refractivity contribution in [1.29, 1.82) is 0 Å². The van der Waals surface area contributed by atoms with Crippen LogP contribution in [0.4, 0.5) is 0 Å². The third-order valence-corrected chi connectivity index (χ3v) is 2.55. The number of aryl methyl sites for hydroxylation is 1. The van der Waals surface area contributed by atoms with Crippen molar-refractivity contribution in [2.24, 2.45) is 0 Å². The Morgan fingerprint density at radius 2 is 1.85 bits per heavy atom. The van der Waals surface area contributed by atoms with Gasteiger partial charge in [0.15, 0.2) is 0 Å². The van der Waals surface area contributed by atoms with E-state index in [1.54, 1.807) is 0 Å². The number of rotatable bonds is 4. The largest absolute Gasteiger partial charge is 0.123 e. The van der Waals surface area contributed by atoms with Crippen molar-refractivity contribution in [2.45, 2.75) is 38.5 Å². The first-order valence-electron chi connectivity index (χ1n) is 4.92. The van der Waals surface area contributed by atoms with Gasteiger partial charge < -0.3 is 0 Å². The van der Waals surface area contributed by atoms with Gasteiger partial charge in [0.1, 0.15) is 0 Å². The molecule has 1 unspecified atom stereocenters. The molecule has 0 aliphatic rings. The van der Waals surface area contributed by atoms with Crippen LogP contribution in [-0.4, -0.2) is 5.38 Å². The summed E-state index contributed by atoms with van der Waals surface area (Å²) in [6.45, 7) is 4.28. The average molecular weight is 197 g/mol. The summed E-state index contributed by atoms with van der Waals surface area (Å²) < 4.78 is 0. The van der Waals surface area contributed by atoms with E-state index in [0.29, 0.717) is 5.38 Å². The number of alkyl halides is 1. The molecule has 0 aliphatic carbocycles. The molecule has 0 saturated heterocycles.